The molecule has 122 valence electrons. The molecule has 2 nitrogen and oxygen atoms in total. The molecule has 3 saturated carbocycles. The van der Waals surface area contributed by atoms with E-state index in [0.717, 1.165) is 6.42 Å². The van der Waals surface area contributed by atoms with Crippen LogP contribution in [-0.2, 0) is 11.3 Å². The van der Waals surface area contributed by atoms with Gasteiger partial charge >= 0.3 is 0 Å². The molecule has 0 amide bonds. The molecule has 0 spiro atoms. The van der Waals surface area contributed by atoms with E-state index >= 15 is 0 Å². The second-order valence-electron chi connectivity index (χ2n) is 8.21. The van der Waals surface area contributed by atoms with Crippen molar-refractivity contribution in [1.29, 1.82) is 0 Å². The van der Waals surface area contributed by atoms with E-state index in [4.69, 9.17) is 4.74 Å². The molecule has 2 aromatic carbocycles. The van der Waals surface area contributed by atoms with Crippen LogP contribution in [0, 0.1) is 17.3 Å². The number of hydrogen-bond donors (Lipinski definition) is 1. The number of benzene rings is 2. The van der Waals surface area contributed by atoms with Crippen molar-refractivity contribution in [3.63, 3.8) is 0 Å². The van der Waals surface area contributed by atoms with E-state index in [-0.39, 0.29) is 11.5 Å². The second kappa shape index (κ2) is 5.06. The molecule has 0 saturated heterocycles. The summed E-state index contributed by atoms with van der Waals surface area (Å²) in [7, 11) is 0. The van der Waals surface area contributed by atoms with Crippen molar-refractivity contribution in [1.82, 2.24) is 0 Å². The largest absolute Gasteiger partial charge is 0.390 e. The third-order valence-corrected chi connectivity index (χ3v) is 6.70. The SMILES string of the molecule is CC1(C)[C@@H]2C[C@H]1[C@@](C)(OCc1ccc3ccccc3c1)[C@@H](O)C2. The van der Waals surface area contributed by atoms with Gasteiger partial charge in [0.25, 0.3) is 0 Å². The van der Waals surface area contributed by atoms with Crippen LogP contribution in [0.25, 0.3) is 10.8 Å². The number of hydrogen-bond acceptors (Lipinski definition) is 2. The van der Waals surface area contributed by atoms with Gasteiger partial charge in [0.15, 0.2) is 0 Å². The zero-order valence-corrected chi connectivity index (χ0v) is 14.3. The predicted octanol–water partition coefficient (Wildman–Crippen LogP) is 4.54. The lowest BCUT2D eigenvalue weighted by Crippen LogP contribution is -2.67. The molecule has 0 radical (unpaired) electrons. The summed E-state index contributed by atoms with van der Waals surface area (Å²) in [5.41, 5.74) is 1.04. The summed E-state index contributed by atoms with van der Waals surface area (Å²) in [4.78, 5) is 0. The van der Waals surface area contributed by atoms with Crippen molar-refractivity contribution >= 4 is 10.8 Å². The number of aliphatic hydroxyl groups excluding tert-OH is 1. The Bertz CT molecular complexity index is 735. The number of fused-ring (bicyclic) bond motifs is 3. The smallest absolute Gasteiger partial charge is 0.0950 e. The lowest BCUT2D eigenvalue weighted by atomic mass is 9.43. The first kappa shape index (κ1) is 15.2. The van der Waals surface area contributed by atoms with Crippen LogP contribution in [0.3, 0.4) is 0 Å². The third-order valence-electron chi connectivity index (χ3n) is 6.70. The van der Waals surface area contributed by atoms with Gasteiger partial charge in [0.2, 0.25) is 0 Å². The van der Waals surface area contributed by atoms with Gasteiger partial charge in [-0.3, -0.25) is 0 Å². The van der Waals surface area contributed by atoms with Crippen LogP contribution in [0.4, 0.5) is 0 Å². The standard InChI is InChI=1S/C21H26O2/c1-20(2)17-11-18(20)21(3,19(22)12-17)23-13-14-8-9-15-6-4-5-7-16(15)10-14/h4-10,17-19,22H,11-13H2,1-3H3/t17-,18-,19+,21-/m1/s1. The molecule has 1 N–H and O–H groups in total. The highest BCUT2D eigenvalue weighted by molar-refractivity contribution is 5.82. The van der Waals surface area contributed by atoms with E-state index in [1.165, 1.54) is 22.8 Å². The number of rotatable bonds is 3. The quantitative estimate of drug-likeness (QED) is 0.901. The van der Waals surface area contributed by atoms with Gasteiger partial charge in [-0.25, -0.2) is 0 Å². The fourth-order valence-corrected chi connectivity index (χ4v) is 4.89. The van der Waals surface area contributed by atoms with Gasteiger partial charge in [0.1, 0.15) is 0 Å². The van der Waals surface area contributed by atoms with Gasteiger partial charge < -0.3 is 9.84 Å². The van der Waals surface area contributed by atoms with Crippen LogP contribution >= 0.6 is 0 Å². The Kier molecular flexibility index (Phi) is 3.33. The van der Waals surface area contributed by atoms with Crippen LogP contribution < -0.4 is 0 Å². The molecule has 2 bridgehead atoms. The zero-order valence-electron chi connectivity index (χ0n) is 14.3. The van der Waals surface area contributed by atoms with E-state index in [9.17, 15) is 5.11 Å². The molecule has 2 aromatic rings. The van der Waals surface area contributed by atoms with Crippen LogP contribution in [0.2, 0.25) is 0 Å². The summed E-state index contributed by atoms with van der Waals surface area (Å²) in [6, 6.07) is 14.9. The molecule has 3 aliphatic carbocycles. The van der Waals surface area contributed by atoms with Crippen molar-refractivity contribution < 1.29 is 9.84 Å². The van der Waals surface area contributed by atoms with Gasteiger partial charge in [-0.1, -0.05) is 50.2 Å². The summed E-state index contributed by atoms with van der Waals surface area (Å²) in [5, 5.41) is 13.1. The average molecular weight is 310 g/mol. The highest BCUT2D eigenvalue weighted by Crippen LogP contribution is 2.63. The van der Waals surface area contributed by atoms with Crippen molar-refractivity contribution in [3.8, 4) is 0 Å². The van der Waals surface area contributed by atoms with Gasteiger partial charge in [-0.15, -0.1) is 0 Å². The molecule has 0 aromatic heterocycles. The summed E-state index contributed by atoms with van der Waals surface area (Å²) >= 11 is 0. The van der Waals surface area contributed by atoms with Crippen molar-refractivity contribution in [2.45, 2.75) is 51.9 Å². The van der Waals surface area contributed by atoms with E-state index in [0.29, 0.717) is 18.4 Å². The summed E-state index contributed by atoms with van der Waals surface area (Å²) in [5.74, 6) is 1.10. The number of ether oxygens (including phenoxy) is 1. The highest BCUT2D eigenvalue weighted by atomic mass is 16.5. The molecule has 3 aliphatic rings. The lowest BCUT2D eigenvalue weighted by Gasteiger charge is -2.65. The molecule has 4 atom stereocenters. The minimum atomic E-state index is -0.427. The van der Waals surface area contributed by atoms with Gasteiger partial charge in [-0.05, 0) is 59.4 Å². The topological polar surface area (TPSA) is 29.5 Å². The van der Waals surface area contributed by atoms with Crippen LogP contribution in [0.15, 0.2) is 42.5 Å². The normalized spacial score (nSPS) is 35.0. The van der Waals surface area contributed by atoms with Crippen molar-refractivity contribution in [2.75, 3.05) is 0 Å². The van der Waals surface area contributed by atoms with Crippen LogP contribution in [-0.4, -0.2) is 16.8 Å². The Morgan fingerprint density at radius 3 is 2.52 bits per heavy atom. The Balaban J connectivity index is 1.55. The first-order chi connectivity index (χ1) is 10.9. The Hall–Kier alpha value is -1.38. The Morgan fingerprint density at radius 2 is 1.78 bits per heavy atom. The summed E-state index contributed by atoms with van der Waals surface area (Å²) in [6.45, 7) is 7.33. The van der Waals surface area contributed by atoms with E-state index in [2.05, 4.69) is 63.2 Å². The van der Waals surface area contributed by atoms with Gasteiger partial charge in [0, 0.05) is 0 Å². The maximum absolute atomic E-state index is 10.6. The molecular weight excluding hydrogens is 284 g/mol. The molecule has 0 aliphatic heterocycles. The van der Waals surface area contributed by atoms with Gasteiger partial charge in [-0.2, -0.15) is 0 Å². The minimum absolute atomic E-state index is 0.289. The molecule has 3 fully saturated rings. The summed E-state index contributed by atoms with van der Waals surface area (Å²) in [6.07, 6.45) is 1.72. The molecular formula is C21H26O2. The zero-order chi connectivity index (χ0) is 16.2. The Morgan fingerprint density at radius 1 is 1.04 bits per heavy atom. The molecule has 5 rings (SSSR count). The monoisotopic (exact) mass is 310 g/mol. The van der Waals surface area contributed by atoms with E-state index in [1.807, 2.05) is 0 Å². The van der Waals surface area contributed by atoms with E-state index in [1.54, 1.807) is 0 Å². The fourth-order valence-electron chi connectivity index (χ4n) is 4.89. The van der Waals surface area contributed by atoms with Crippen molar-refractivity contribution in [2.24, 2.45) is 17.3 Å². The maximum Gasteiger partial charge on any atom is 0.0950 e. The minimum Gasteiger partial charge on any atom is -0.390 e. The second-order valence-corrected chi connectivity index (χ2v) is 8.21. The maximum atomic E-state index is 10.6. The van der Waals surface area contributed by atoms with Gasteiger partial charge in [0.05, 0.1) is 18.3 Å². The lowest BCUT2D eigenvalue weighted by molar-refractivity contribution is -0.269. The molecule has 0 unspecified atom stereocenters. The fraction of sp³-hybridized carbons (Fsp3) is 0.524. The molecule has 0 heterocycles. The van der Waals surface area contributed by atoms with Crippen LogP contribution in [0.5, 0.6) is 0 Å². The Labute approximate surface area is 138 Å². The van der Waals surface area contributed by atoms with Crippen LogP contribution in [0.1, 0.15) is 39.2 Å². The highest BCUT2D eigenvalue weighted by Gasteiger charge is 2.63. The number of aliphatic hydroxyl groups is 1. The van der Waals surface area contributed by atoms with Crippen molar-refractivity contribution in [3.05, 3.63) is 48.0 Å². The first-order valence-electron chi connectivity index (χ1n) is 8.71. The molecule has 23 heavy (non-hydrogen) atoms. The average Bonchev–Trinajstić information content (AvgIpc) is 2.55. The third kappa shape index (κ3) is 2.23. The molecule has 2 heteroatoms. The van der Waals surface area contributed by atoms with E-state index < -0.39 is 5.60 Å². The summed E-state index contributed by atoms with van der Waals surface area (Å²) < 4.78 is 6.35. The predicted molar refractivity (Wildman–Crippen MR) is 93.1 cm³/mol. The first-order valence-corrected chi connectivity index (χ1v) is 8.71.